The lowest BCUT2D eigenvalue weighted by Gasteiger charge is -2.07. The van der Waals surface area contributed by atoms with Crippen molar-refractivity contribution in [2.24, 2.45) is 0 Å². The molecule has 0 fully saturated rings. The molecule has 0 unspecified atom stereocenters. The number of halogens is 1. The molecule has 0 amide bonds. The van der Waals surface area contributed by atoms with Crippen LogP contribution in [0.15, 0.2) is 18.2 Å². The Labute approximate surface area is 71.6 Å². The lowest BCUT2D eigenvalue weighted by Crippen LogP contribution is -1.92. The minimum Gasteiger partial charge on any atom is -0.389 e. The average Bonchev–Trinajstić information content (AvgIpc) is 1.94. The molecule has 0 aliphatic carbocycles. The molecule has 2 heteroatoms. The monoisotopic (exact) mass is 170 g/mol. The molecule has 11 heavy (non-hydrogen) atoms. The van der Waals surface area contributed by atoms with Gasteiger partial charge in [-0.25, -0.2) is 0 Å². The van der Waals surface area contributed by atoms with E-state index in [1.807, 2.05) is 19.1 Å². The predicted molar refractivity (Wildman–Crippen MR) is 46.8 cm³/mol. The van der Waals surface area contributed by atoms with Gasteiger partial charge in [0.2, 0.25) is 0 Å². The van der Waals surface area contributed by atoms with Crippen LogP contribution in [-0.2, 0) is 0 Å². The maximum Gasteiger partial charge on any atom is 0.0776 e. The summed E-state index contributed by atoms with van der Waals surface area (Å²) in [6.45, 7) is 3.68. The zero-order valence-corrected chi connectivity index (χ0v) is 7.39. The van der Waals surface area contributed by atoms with Crippen molar-refractivity contribution in [2.45, 2.75) is 20.0 Å². The van der Waals surface area contributed by atoms with Crippen LogP contribution in [-0.4, -0.2) is 5.11 Å². The van der Waals surface area contributed by atoms with Crippen LogP contribution < -0.4 is 0 Å². The number of aliphatic hydroxyl groups is 1. The number of rotatable bonds is 1. The van der Waals surface area contributed by atoms with Gasteiger partial charge in [-0.1, -0.05) is 29.3 Å². The smallest absolute Gasteiger partial charge is 0.0776 e. The summed E-state index contributed by atoms with van der Waals surface area (Å²) >= 11 is 5.83. The SMILES string of the molecule is Cc1ccc(Cl)c([C@@H](C)O)c1. The fourth-order valence-electron chi connectivity index (χ4n) is 0.983. The number of aryl methyl sites for hydroxylation is 1. The van der Waals surface area contributed by atoms with Crippen LogP contribution in [0.2, 0.25) is 5.02 Å². The molecule has 60 valence electrons. The summed E-state index contributed by atoms with van der Waals surface area (Å²) in [6, 6.07) is 5.63. The highest BCUT2D eigenvalue weighted by Crippen LogP contribution is 2.23. The topological polar surface area (TPSA) is 20.2 Å². The highest BCUT2D eigenvalue weighted by Gasteiger charge is 2.04. The first kappa shape index (κ1) is 8.57. The fraction of sp³-hybridized carbons (Fsp3) is 0.333. The molecule has 1 nitrogen and oxygen atoms in total. The van der Waals surface area contributed by atoms with Gasteiger partial charge in [-0.2, -0.15) is 0 Å². The van der Waals surface area contributed by atoms with Crippen molar-refractivity contribution in [1.82, 2.24) is 0 Å². The predicted octanol–water partition coefficient (Wildman–Crippen LogP) is 2.70. The maximum atomic E-state index is 9.24. The second-order valence-electron chi connectivity index (χ2n) is 2.70. The van der Waals surface area contributed by atoms with Gasteiger partial charge >= 0.3 is 0 Å². The first-order valence-electron chi connectivity index (χ1n) is 3.55. The van der Waals surface area contributed by atoms with Gasteiger partial charge in [0.1, 0.15) is 0 Å². The molecule has 1 N–H and O–H groups in total. The normalized spacial score (nSPS) is 13.1. The average molecular weight is 171 g/mol. The Morgan fingerprint density at radius 2 is 2.09 bits per heavy atom. The molecule has 0 aromatic heterocycles. The van der Waals surface area contributed by atoms with E-state index in [0.29, 0.717) is 5.02 Å². The number of benzene rings is 1. The molecule has 0 saturated carbocycles. The van der Waals surface area contributed by atoms with E-state index in [2.05, 4.69) is 0 Å². The minimum atomic E-state index is -0.484. The number of hydrogen-bond donors (Lipinski definition) is 1. The van der Waals surface area contributed by atoms with Gasteiger partial charge in [0.05, 0.1) is 6.10 Å². The molecular weight excluding hydrogens is 160 g/mol. The standard InChI is InChI=1S/C9H11ClO/c1-6-3-4-9(10)8(5-6)7(2)11/h3-5,7,11H,1-2H3/t7-/m1/s1. The first-order chi connectivity index (χ1) is 5.11. The maximum absolute atomic E-state index is 9.24. The summed E-state index contributed by atoms with van der Waals surface area (Å²) in [7, 11) is 0. The van der Waals surface area contributed by atoms with Gasteiger partial charge < -0.3 is 5.11 Å². The Hall–Kier alpha value is -0.530. The van der Waals surface area contributed by atoms with E-state index in [0.717, 1.165) is 11.1 Å². The van der Waals surface area contributed by atoms with Crippen molar-refractivity contribution < 1.29 is 5.11 Å². The van der Waals surface area contributed by atoms with Crippen LogP contribution >= 0.6 is 11.6 Å². The summed E-state index contributed by atoms with van der Waals surface area (Å²) in [5.41, 5.74) is 1.91. The van der Waals surface area contributed by atoms with Crippen LogP contribution in [0.25, 0.3) is 0 Å². The molecule has 1 aromatic rings. The summed E-state index contributed by atoms with van der Waals surface area (Å²) in [4.78, 5) is 0. The van der Waals surface area contributed by atoms with Crippen molar-refractivity contribution in [1.29, 1.82) is 0 Å². The second kappa shape index (κ2) is 3.24. The molecule has 1 atom stereocenters. The van der Waals surface area contributed by atoms with E-state index in [-0.39, 0.29) is 0 Å². The van der Waals surface area contributed by atoms with Crippen LogP contribution in [0.3, 0.4) is 0 Å². The van der Waals surface area contributed by atoms with E-state index >= 15 is 0 Å². The van der Waals surface area contributed by atoms with Gasteiger partial charge in [0, 0.05) is 5.02 Å². The van der Waals surface area contributed by atoms with E-state index < -0.39 is 6.10 Å². The Morgan fingerprint density at radius 3 is 2.55 bits per heavy atom. The van der Waals surface area contributed by atoms with Crippen molar-refractivity contribution in [3.8, 4) is 0 Å². The van der Waals surface area contributed by atoms with Gasteiger partial charge in [-0.05, 0) is 25.5 Å². The summed E-state index contributed by atoms with van der Waals surface area (Å²) in [6.07, 6.45) is -0.484. The molecule has 0 saturated heterocycles. The Morgan fingerprint density at radius 1 is 1.45 bits per heavy atom. The minimum absolute atomic E-state index is 0.484. The Bertz CT molecular complexity index is 256. The van der Waals surface area contributed by atoms with Crippen LogP contribution in [0.5, 0.6) is 0 Å². The van der Waals surface area contributed by atoms with Crippen LogP contribution in [0, 0.1) is 6.92 Å². The fourth-order valence-corrected chi connectivity index (χ4v) is 1.26. The largest absolute Gasteiger partial charge is 0.389 e. The van der Waals surface area contributed by atoms with E-state index in [4.69, 9.17) is 11.6 Å². The molecule has 0 heterocycles. The van der Waals surface area contributed by atoms with Gasteiger partial charge in [-0.3, -0.25) is 0 Å². The van der Waals surface area contributed by atoms with Crippen molar-refractivity contribution in [2.75, 3.05) is 0 Å². The third-order valence-corrected chi connectivity index (χ3v) is 1.95. The number of aliphatic hydroxyl groups excluding tert-OH is 1. The highest BCUT2D eigenvalue weighted by atomic mass is 35.5. The van der Waals surface area contributed by atoms with Crippen molar-refractivity contribution in [3.63, 3.8) is 0 Å². The molecule has 0 aliphatic rings. The third-order valence-electron chi connectivity index (χ3n) is 1.60. The highest BCUT2D eigenvalue weighted by molar-refractivity contribution is 6.31. The Kier molecular flexibility index (Phi) is 2.53. The third kappa shape index (κ3) is 1.95. The van der Waals surface area contributed by atoms with Crippen LogP contribution in [0.4, 0.5) is 0 Å². The zero-order valence-electron chi connectivity index (χ0n) is 6.63. The lowest BCUT2D eigenvalue weighted by atomic mass is 10.1. The lowest BCUT2D eigenvalue weighted by molar-refractivity contribution is 0.199. The summed E-state index contributed by atoms with van der Waals surface area (Å²) < 4.78 is 0. The molecule has 1 rings (SSSR count). The van der Waals surface area contributed by atoms with Crippen molar-refractivity contribution >= 4 is 11.6 Å². The van der Waals surface area contributed by atoms with Gasteiger partial charge in [0.15, 0.2) is 0 Å². The van der Waals surface area contributed by atoms with E-state index in [1.54, 1.807) is 13.0 Å². The number of hydrogen-bond acceptors (Lipinski definition) is 1. The molecule has 0 aliphatic heterocycles. The van der Waals surface area contributed by atoms with Crippen molar-refractivity contribution in [3.05, 3.63) is 34.3 Å². The Balaban J connectivity index is 3.13. The first-order valence-corrected chi connectivity index (χ1v) is 3.93. The molecule has 0 spiro atoms. The molecule has 0 bridgehead atoms. The zero-order chi connectivity index (χ0) is 8.43. The van der Waals surface area contributed by atoms with E-state index in [1.165, 1.54) is 0 Å². The van der Waals surface area contributed by atoms with Crippen LogP contribution in [0.1, 0.15) is 24.2 Å². The summed E-state index contributed by atoms with van der Waals surface area (Å²) in [5, 5.41) is 9.87. The molecule has 1 aromatic carbocycles. The molecule has 0 radical (unpaired) electrons. The van der Waals surface area contributed by atoms with E-state index in [9.17, 15) is 5.11 Å². The second-order valence-corrected chi connectivity index (χ2v) is 3.11. The van der Waals surface area contributed by atoms with Gasteiger partial charge in [-0.15, -0.1) is 0 Å². The molecular formula is C9H11ClO. The quantitative estimate of drug-likeness (QED) is 0.687. The summed E-state index contributed by atoms with van der Waals surface area (Å²) in [5.74, 6) is 0. The van der Waals surface area contributed by atoms with Gasteiger partial charge in [0.25, 0.3) is 0 Å².